The molecular weight excluding hydrogens is 479 g/mol. The van der Waals surface area contributed by atoms with Crippen LogP contribution in [0.4, 0.5) is 4.39 Å². The van der Waals surface area contributed by atoms with Gasteiger partial charge >= 0.3 is 0 Å². The van der Waals surface area contributed by atoms with E-state index in [0.29, 0.717) is 24.9 Å². The summed E-state index contributed by atoms with van der Waals surface area (Å²) >= 11 is 0. The van der Waals surface area contributed by atoms with E-state index < -0.39 is 15.7 Å². The second-order valence-electron chi connectivity index (χ2n) is 9.83. The summed E-state index contributed by atoms with van der Waals surface area (Å²) in [6.07, 6.45) is 3.37. The number of hydrogen-bond donors (Lipinski definition) is 1. The molecule has 0 aliphatic carbocycles. The van der Waals surface area contributed by atoms with Crippen molar-refractivity contribution >= 4 is 26.8 Å². The Kier molecular flexibility index (Phi) is 6.57. The highest BCUT2D eigenvalue weighted by Crippen LogP contribution is 2.38. The molecule has 0 saturated carbocycles. The second kappa shape index (κ2) is 9.53. The van der Waals surface area contributed by atoms with Gasteiger partial charge < -0.3 is 4.90 Å². The molecule has 0 radical (unpaired) electrons. The highest BCUT2D eigenvalue weighted by Gasteiger charge is 2.53. The normalized spacial score (nSPS) is 21.4. The lowest BCUT2D eigenvalue weighted by molar-refractivity contribution is -0.134. The first-order valence-electron chi connectivity index (χ1n) is 12.4. The first kappa shape index (κ1) is 24.8. The van der Waals surface area contributed by atoms with Crippen LogP contribution in [0.1, 0.15) is 38.7 Å². The molecule has 5 rings (SSSR count). The summed E-state index contributed by atoms with van der Waals surface area (Å²) in [6.45, 7) is 5.01. The largest absolute Gasteiger partial charge is 0.319 e. The van der Waals surface area contributed by atoms with Crippen LogP contribution in [0.25, 0.3) is 10.9 Å². The molecule has 0 unspecified atom stereocenters. The van der Waals surface area contributed by atoms with Gasteiger partial charge in [-0.3, -0.25) is 15.1 Å². The molecule has 1 spiro atoms. The number of carbonyl (C=O) groups excluding carboxylic acids is 1. The van der Waals surface area contributed by atoms with Crippen LogP contribution in [-0.4, -0.2) is 53.3 Å². The molecule has 36 heavy (non-hydrogen) atoms. The number of amides is 1. The fourth-order valence-corrected chi connectivity index (χ4v) is 6.97. The van der Waals surface area contributed by atoms with Crippen LogP contribution in [0, 0.1) is 11.7 Å². The molecule has 2 saturated heterocycles. The molecule has 1 aromatic heterocycles. The molecule has 190 valence electrons. The van der Waals surface area contributed by atoms with E-state index in [1.807, 2.05) is 17.0 Å². The highest BCUT2D eigenvalue weighted by molar-refractivity contribution is 7.89. The van der Waals surface area contributed by atoms with E-state index in [0.717, 1.165) is 17.4 Å². The van der Waals surface area contributed by atoms with Crippen LogP contribution >= 0.6 is 0 Å². The number of pyridine rings is 1. The first-order chi connectivity index (χ1) is 17.2. The van der Waals surface area contributed by atoms with Gasteiger partial charge in [-0.1, -0.05) is 50.6 Å². The molecule has 2 aromatic carbocycles. The number of para-hydroxylation sites is 1. The summed E-state index contributed by atoms with van der Waals surface area (Å²) < 4.78 is 42.3. The molecule has 2 atom stereocenters. The van der Waals surface area contributed by atoms with Gasteiger partial charge in [-0.25, -0.2) is 12.8 Å². The number of benzene rings is 2. The monoisotopic (exact) mass is 510 g/mol. The molecule has 0 bridgehead atoms. The van der Waals surface area contributed by atoms with Gasteiger partial charge in [0.1, 0.15) is 10.7 Å². The maximum Gasteiger partial charge on any atom is 0.245 e. The van der Waals surface area contributed by atoms with Crippen molar-refractivity contribution < 1.29 is 17.6 Å². The summed E-state index contributed by atoms with van der Waals surface area (Å²) in [6, 6.07) is 14.7. The van der Waals surface area contributed by atoms with Gasteiger partial charge in [0.25, 0.3) is 0 Å². The van der Waals surface area contributed by atoms with Crippen molar-refractivity contribution in [2.24, 2.45) is 5.92 Å². The van der Waals surface area contributed by atoms with Crippen LogP contribution in [0.15, 0.2) is 65.7 Å². The Bertz CT molecular complexity index is 1370. The van der Waals surface area contributed by atoms with Crippen LogP contribution in [-0.2, 0) is 21.4 Å². The molecule has 1 amide bonds. The molecule has 7 nitrogen and oxygen atoms in total. The number of nitrogens with zero attached hydrogens (tertiary/aromatic N) is 3. The van der Waals surface area contributed by atoms with Crippen molar-refractivity contribution in [1.29, 1.82) is 0 Å². The van der Waals surface area contributed by atoms with Crippen LogP contribution in [0.2, 0.25) is 0 Å². The summed E-state index contributed by atoms with van der Waals surface area (Å²) in [5, 5.41) is 4.37. The fraction of sp³-hybridized carbons (Fsp3) is 0.407. The Morgan fingerprint density at radius 1 is 1.11 bits per heavy atom. The molecule has 3 heterocycles. The average Bonchev–Trinajstić information content (AvgIpc) is 3.15. The molecule has 3 aromatic rings. The maximum atomic E-state index is 13.6. The lowest BCUT2D eigenvalue weighted by Crippen LogP contribution is -2.59. The van der Waals surface area contributed by atoms with Crippen LogP contribution in [0.3, 0.4) is 0 Å². The van der Waals surface area contributed by atoms with Gasteiger partial charge in [-0.15, -0.1) is 0 Å². The Morgan fingerprint density at radius 2 is 1.81 bits per heavy atom. The van der Waals surface area contributed by atoms with Crippen molar-refractivity contribution in [3.05, 3.63) is 72.2 Å². The van der Waals surface area contributed by atoms with Gasteiger partial charge in [0, 0.05) is 31.2 Å². The Balaban J connectivity index is 1.42. The number of carbonyl (C=O) groups is 1. The third-order valence-corrected chi connectivity index (χ3v) is 9.63. The van der Waals surface area contributed by atoms with E-state index in [9.17, 15) is 17.6 Å². The Morgan fingerprint density at radius 3 is 2.50 bits per heavy atom. The predicted octanol–water partition coefficient (Wildman–Crippen LogP) is 3.90. The number of sulfonamides is 1. The minimum atomic E-state index is -3.77. The van der Waals surface area contributed by atoms with Crippen molar-refractivity contribution in [2.45, 2.75) is 56.3 Å². The zero-order valence-corrected chi connectivity index (χ0v) is 21.3. The smallest absolute Gasteiger partial charge is 0.245 e. The zero-order chi connectivity index (χ0) is 25.5. The third kappa shape index (κ3) is 4.29. The SMILES string of the molecule is CC[C@H](C)[C@H]1NC2(CCN(S(=O)(=O)c3cccc4cccnc34)CC2)N(Cc2ccc(F)cc2)C1=O. The molecule has 2 fully saturated rings. The van der Waals surface area contributed by atoms with Gasteiger partial charge in [-0.05, 0) is 48.6 Å². The minimum Gasteiger partial charge on any atom is -0.319 e. The van der Waals surface area contributed by atoms with E-state index in [4.69, 9.17) is 0 Å². The highest BCUT2D eigenvalue weighted by atomic mass is 32.2. The molecular formula is C27H31FN4O3S. The Hall–Kier alpha value is -2.88. The lowest BCUT2D eigenvalue weighted by Gasteiger charge is -2.44. The lowest BCUT2D eigenvalue weighted by atomic mass is 9.96. The molecule has 9 heteroatoms. The predicted molar refractivity (Wildman–Crippen MR) is 136 cm³/mol. The second-order valence-corrected chi connectivity index (χ2v) is 11.7. The number of hydrogen-bond acceptors (Lipinski definition) is 5. The van der Waals surface area contributed by atoms with E-state index in [2.05, 4.69) is 24.1 Å². The third-order valence-electron chi connectivity index (χ3n) is 7.70. The van der Waals surface area contributed by atoms with E-state index >= 15 is 0 Å². The summed E-state index contributed by atoms with van der Waals surface area (Å²) in [5.41, 5.74) is 0.652. The van der Waals surface area contributed by atoms with Crippen molar-refractivity contribution in [3.8, 4) is 0 Å². The minimum absolute atomic E-state index is 0.0169. The molecule has 1 N–H and O–H groups in total. The van der Waals surface area contributed by atoms with Crippen LogP contribution < -0.4 is 5.32 Å². The number of fused-ring (bicyclic) bond motifs is 1. The summed E-state index contributed by atoms with van der Waals surface area (Å²) in [4.78, 5) is 19.9. The summed E-state index contributed by atoms with van der Waals surface area (Å²) in [5.74, 6) is -0.169. The fourth-order valence-electron chi connectivity index (χ4n) is 5.37. The van der Waals surface area contributed by atoms with E-state index in [-0.39, 0.29) is 41.7 Å². The van der Waals surface area contributed by atoms with Gasteiger partial charge in [0.15, 0.2) is 0 Å². The zero-order valence-electron chi connectivity index (χ0n) is 20.5. The topological polar surface area (TPSA) is 82.6 Å². The van der Waals surface area contributed by atoms with Gasteiger partial charge in [0.05, 0.1) is 17.2 Å². The summed E-state index contributed by atoms with van der Waals surface area (Å²) in [7, 11) is -3.77. The molecule has 2 aliphatic heterocycles. The standard InChI is InChI=1S/C27H31FN4O3S/c1-3-19(2)24-26(33)32(18-20-9-11-22(28)12-10-20)27(30-24)13-16-31(17-14-27)36(34,35)23-8-4-6-21-7-5-15-29-25(21)23/h4-12,15,19,24,30H,3,13-14,16-18H2,1-2H3/t19-,24+/m0/s1. The molecule has 2 aliphatic rings. The van der Waals surface area contributed by atoms with Crippen molar-refractivity contribution in [1.82, 2.24) is 19.5 Å². The van der Waals surface area contributed by atoms with Crippen molar-refractivity contribution in [2.75, 3.05) is 13.1 Å². The quantitative estimate of drug-likeness (QED) is 0.544. The number of aromatic nitrogens is 1. The van der Waals surface area contributed by atoms with Crippen molar-refractivity contribution in [3.63, 3.8) is 0 Å². The average molecular weight is 511 g/mol. The van der Waals surface area contributed by atoms with Gasteiger partial charge in [0.2, 0.25) is 15.9 Å². The number of nitrogens with one attached hydrogen (secondary N) is 1. The van der Waals surface area contributed by atoms with E-state index in [1.54, 1.807) is 36.5 Å². The number of piperidine rings is 1. The van der Waals surface area contributed by atoms with E-state index in [1.165, 1.54) is 16.4 Å². The van der Waals surface area contributed by atoms with Gasteiger partial charge in [-0.2, -0.15) is 4.31 Å². The first-order valence-corrected chi connectivity index (χ1v) is 13.9. The maximum absolute atomic E-state index is 13.6. The number of halogens is 1. The van der Waals surface area contributed by atoms with Crippen LogP contribution in [0.5, 0.6) is 0 Å². The number of rotatable bonds is 6. The Labute approximate surface area is 211 Å².